The molecule has 6 heteroatoms. The Morgan fingerprint density at radius 1 is 1.14 bits per heavy atom. The van der Waals surface area contributed by atoms with Crippen LogP contribution in [0.25, 0.3) is 0 Å². The molecule has 0 aliphatic rings. The molecular weight excluding hydrogens is 304 g/mol. The lowest BCUT2D eigenvalue weighted by Crippen LogP contribution is -2.27. The maximum Gasteiger partial charge on any atom is 0.250 e. The van der Waals surface area contributed by atoms with Gasteiger partial charge in [0.15, 0.2) is 0 Å². The lowest BCUT2D eigenvalue weighted by molar-refractivity contribution is 0.581. The second kappa shape index (κ2) is 7.06. The quantitative estimate of drug-likeness (QED) is 0.797. The molecule has 0 saturated heterocycles. The Bertz CT molecular complexity index is 666. The van der Waals surface area contributed by atoms with Crippen LogP contribution >= 0.6 is 11.3 Å². The molecule has 0 aliphatic heterocycles. The van der Waals surface area contributed by atoms with Gasteiger partial charge in [-0.05, 0) is 37.6 Å². The zero-order valence-corrected chi connectivity index (χ0v) is 13.9. The molecule has 114 valence electrons. The molecule has 0 radical (unpaired) electrons. The minimum Gasteiger partial charge on any atom is -0.375 e. The van der Waals surface area contributed by atoms with Crippen LogP contribution in [0.4, 0.5) is 5.69 Å². The van der Waals surface area contributed by atoms with Crippen molar-refractivity contribution in [2.75, 3.05) is 25.0 Å². The number of thiophene rings is 1. The van der Waals surface area contributed by atoms with Gasteiger partial charge in [0.1, 0.15) is 4.21 Å². The lowest BCUT2D eigenvalue weighted by Gasteiger charge is -2.19. The molecule has 4 nitrogen and oxygen atoms in total. The summed E-state index contributed by atoms with van der Waals surface area (Å²) < 4.78 is 27.1. The smallest absolute Gasteiger partial charge is 0.250 e. The molecule has 1 N–H and O–H groups in total. The summed E-state index contributed by atoms with van der Waals surface area (Å²) >= 11 is 1.30. The molecule has 21 heavy (non-hydrogen) atoms. The monoisotopic (exact) mass is 324 g/mol. The van der Waals surface area contributed by atoms with E-state index in [9.17, 15) is 8.42 Å². The summed E-state index contributed by atoms with van der Waals surface area (Å²) in [4.78, 5) is 3.11. The minimum atomic E-state index is -3.35. The molecule has 2 aromatic rings. The maximum absolute atomic E-state index is 12.0. The number of benzene rings is 1. The summed E-state index contributed by atoms with van der Waals surface area (Å²) in [5.74, 6) is 0. The minimum absolute atomic E-state index is 0.386. The second-order valence-corrected chi connectivity index (χ2v) is 8.16. The number of hydrogen-bond acceptors (Lipinski definition) is 4. The average Bonchev–Trinajstić information content (AvgIpc) is 2.92. The number of para-hydroxylation sites is 1. The Balaban J connectivity index is 1.80. The molecule has 2 rings (SSSR count). The molecule has 1 aromatic carbocycles. The number of nitrogens with one attached hydrogen (secondary N) is 1. The van der Waals surface area contributed by atoms with Crippen LogP contribution in [0.15, 0.2) is 46.7 Å². The van der Waals surface area contributed by atoms with Crippen molar-refractivity contribution < 1.29 is 8.42 Å². The van der Waals surface area contributed by atoms with Crippen LogP contribution in [0.5, 0.6) is 0 Å². The Morgan fingerprint density at radius 2 is 1.86 bits per heavy atom. The standard InChI is InChI=1S/C15H20N2O2S2/c1-13-9-10-15(20-13)21(18,19)16-11-6-12-17(2)14-7-4-3-5-8-14/h3-5,7-10,16H,6,11-12H2,1-2H3. The van der Waals surface area contributed by atoms with Crippen molar-refractivity contribution in [3.8, 4) is 0 Å². The first kappa shape index (κ1) is 16.0. The molecule has 1 heterocycles. The van der Waals surface area contributed by atoms with E-state index >= 15 is 0 Å². The third-order valence-electron chi connectivity index (χ3n) is 3.14. The summed E-state index contributed by atoms with van der Waals surface area (Å²) in [7, 11) is -1.35. The van der Waals surface area contributed by atoms with E-state index < -0.39 is 10.0 Å². The van der Waals surface area contributed by atoms with Crippen molar-refractivity contribution in [3.05, 3.63) is 47.3 Å². The van der Waals surface area contributed by atoms with Gasteiger partial charge in [-0.2, -0.15) is 0 Å². The predicted octanol–water partition coefficient (Wildman–Crippen LogP) is 2.86. The third-order valence-corrected chi connectivity index (χ3v) is 6.09. The molecular formula is C15H20N2O2S2. The highest BCUT2D eigenvalue weighted by Gasteiger charge is 2.15. The van der Waals surface area contributed by atoms with E-state index in [1.54, 1.807) is 6.07 Å². The molecule has 1 aromatic heterocycles. The summed E-state index contributed by atoms with van der Waals surface area (Å²) in [5, 5.41) is 0. The Morgan fingerprint density at radius 3 is 2.48 bits per heavy atom. The Hall–Kier alpha value is -1.37. The first-order chi connectivity index (χ1) is 9.99. The molecule has 0 fully saturated rings. The van der Waals surface area contributed by atoms with E-state index in [4.69, 9.17) is 0 Å². The van der Waals surface area contributed by atoms with Crippen LogP contribution in [-0.4, -0.2) is 28.6 Å². The van der Waals surface area contributed by atoms with Gasteiger partial charge < -0.3 is 4.90 Å². The van der Waals surface area contributed by atoms with Crippen LogP contribution in [0.3, 0.4) is 0 Å². The van der Waals surface area contributed by atoms with Crippen molar-refractivity contribution in [2.24, 2.45) is 0 Å². The summed E-state index contributed by atoms with van der Waals surface area (Å²) in [5.41, 5.74) is 1.13. The molecule has 0 amide bonds. The van der Waals surface area contributed by atoms with Crippen LogP contribution in [0.2, 0.25) is 0 Å². The van der Waals surface area contributed by atoms with Crippen molar-refractivity contribution in [1.29, 1.82) is 0 Å². The number of hydrogen-bond donors (Lipinski definition) is 1. The number of aryl methyl sites for hydroxylation is 1. The first-order valence-corrected chi connectivity index (χ1v) is 9.11. The summed E-state index contributed by atoms with van der Waals surface area (Å²) in [6.45, 7) is 3.14. The van der Waals surface area contributed by atoms with Crippen molar-refractivity contribution in [2.45, 2.75) is 17.6 Å². The van der Waals surface area contributed by atoms with Gasteiger partial charge in [0.2, 0.25) is 10.0 Å². The topological polar surface area (TPSA) is 49.4 Å². The number of anilines is 1. The van der Waals surface area contributed by atoms with Crippen LogP contribution in [0.1, 0.15) is 11.3 Å². The second-order valence-electron chi connectivity index (χ2n) is 4.87. The van der Waals surface area contributed by atoms with Crippen LogP contribution in [-0.2, 0) is 10.0 Å². The van der Waals surface area contributed by atoms with E-state index in [1.165, 1.54) is 11.3 Å². The fourth-order valence-electron chi connectivity index (χ4n) is 1.96. The number of nitrogens with zero attached hydrogens (tertiary/aromatic N) is 1. The van der Waals surface area contributed by atoms with Gasteiger partial charge in [-0.15, -0.1) is 11.3 Å². The van der Waals surface area contributed by atoms with Crippen LogP contribution in [0, 0.1) is 6.92 Å². The SMILES string of the molecule is Cc1ccc(S(=O)(=O)NCCCN(C)c2ccccc2)s1. The van der Waals surface area contributed by atoms with Crippen molar-refractivity contribution in [1.82, 2.24) is 4.72 Å². The molecule has 0 atom stereocenters. The predicted molar refractivity (Wildman–Crippen MR) is 88.6 cm³/mol. The van der Waals surface area contributed by atoms with E-state index in [1.807, 2.05) is 50.4 Å². The average molecular weight is 324 g/mol. The number of rotatable bonds is 7. The van der Waals surface area contributed by atoms with Crippen molar-refractivity contribution >= 4 is 27.0 Å². The third kappa shape index (κ3) is 4.56. The van der Waals surface area contributed by atoms with E-state index in [2.05, 4.69) is 9.62 Å². The highest BCUT2D eigenvalue weighted by Crippen LogP contribution is 2.20. The Kier molecular flexibility index (Phi) is 5.39. The molecule has 0 aliphatic carbocycles. The van der Waals surface area contributed by atoms with Gasteiger partial charge in [-0.3, -0.25) is 0 Å². The largest absolute Gasteiger partial charge is 0.375 e. The van der Waals surface area contributed by atoms with Gasteiger partial charge in [-0.1, -0.05) is 18.2 Å². The molecule has 0 unspecified atom stereocenters. The summed E-state index contributed by atoms with van der Waals surface area (Å²) in [6, 6.07) is 13.5. The highest BCUT2D eigenvalue weighted by atomic mass is 32.2. The molecule has 0 saturated carbocycles. The van der Waals surface area contributed by atoms with Gasteiger partial charge in [0, 0.05) is 30.7 Å². The first-order valence-electron chi connectivity index (χ1n) is 6.81. The fraction of sp³-hybridized carbons (Fsp3) is 0.333. The fourth-order valence-corrected chi connectivity index (χ4v) is 4.36. The van der Waals surface area contributed by atoms with E-state index in [-0.39, 0.29) is 0 Å². The van der Waals surface area contributed by atoms with Gasteiger partial charge in [0.25, 0.3) is 0 Å². The maximum atomic E-state index is 12.0. The zero-order valence-electron chi connectivity index (χ0n) is 12.2. The van der Waals surface area contributed by atoms with E-state index in [0.717, 1.165) is 23.5 Å². The van der Waals surface area contributed by atoms with Gasteiger partial charge >= 0.3 is 0 Å². The Labute approximate surface area is 130 Å². The van der Waals surface area contributed by atoms with Gasteiger partial charge in [0.05, 0.1) is 0 Å². The normalized spacial score (nSPS) is 11.5. The summed E-state index contributed by atoms with van der Waals surface area (Å²) in [6.07, 6.45) is 0.759. The highest BCUT2D eigenvalue weighted by molar-refractivity contribution is 7.91. The van der Waals surface area contributed by atoms with E-state index in [0.29, 0.717) is 10.8 Å². The van der Waals surface area contributed by atoms with Gasteiger partial charge in [-0.25, -0.2) is 13.1 Å². The lowest BCUT2D eigenvalue weighted by atomic mass is 10.3. The van der Waals surface area contributed by atoms with Crippen LogP contribution < -0.4 is 9.62 Å². The zero-order chi connectivity index (χ0) is 15.3. The van der Waals surface area contributed by atoms with Crippen molar-refractivity contribution in [3.63, 3.8) is 0 Å². The number of sulfonamides is 1. The molecule has 0 bridgehead atoms. The molecule has 0 spiro atoms.